The molecule has 0 saturated heterocycles. The van der Waals surface area contributed by atoms with Crippen molar-refractivity contribution in [2.45, 2.75) is 5.75 Å². The molecular weight excluding hydrogens is 370 g/mol. The lowest BCUT2D eigenvalue weighted by atomic mass is 10.4. The molecule has 1 amide bonds. The lowest BCUT2D eigenvalue weighted by molar-refractivity contribution is -0.118. The van der Waals surface area contributed by atoms with Gasteiger partial charge in [0.25, 0.3) is 5.56 Å². The van der Waals surface area contributed by atoms with E-state index in [1.807, 2.05) is 6.07 Å². The lowest BCUT2D eigenvalue weighted by Crippen LogP contribution is -2.28. The minimum Gasteiger partial charge on any atom is -0.383 e. The van der Waals surface area contributed by atoms with Gasteiger partial charge in [-0.15, -0.1) is 11.8 Å². The highest BCUT2D eigenvalue weighted by Gasteiger charge is 2.05. The summed E-state index contributed by atoms with van der Waals surface area (Å²) in [7, 11) is 1.59. The number of amides is 1. The van der Waals surface area contributed by atoms with Crippen LogP contribution >= 0.6 is 27.7 Å². The maximum Gasteiger partial charge on any atom is 0.258 e. The Bertz CT molecular complexity index is 720. The Kier molecular flexibility index (Phi) is 6.41. The van der Waals surface area contributed by atoms with Gasteiger partial charge in [-0.3, -0.25) is 14.0 Å². The molecule has 2 aromatic heterocycles. The normalized spacial score (nSPS) is 10.8. The largest absolute Gasteiger partial charge is 0.383 e. The first-order valence-corrected chi connectivity index (χ1v) is 8.56. The molecular formula is C14H16BrN3O3S. The fraction of sp³-hybridized carbons (Fsp3) is 0.357. The van der Waals surface area contributed by atoms with E-state index in [1.54, 1.807) is 19.4 Å². The second kappa shape index (κ2) is 8.30. The number of nitrogens with one attached hydrogen (secondary N) is 1. The molecule has 0 radical (unpaired) electrons. The van der Waals surface area contributed by atoms with Crippen molar-refractivity contribution in [2.75, 3.05) is 26.0 Å². The minimum atomic E-state index is -0.133. The van der Waals surface area contributed by atoms with E-state index in [0.717, 1.165) is 4.47 Å². The molecule has 118 valence electrons. The van der Waals surface area contributed by atoms with Crippen LogP contribution < -0.4 is 10.9 Å². The van der Waals surface area contributed by atoms with E-state index in [9.17, 15) is 9.59 Å². The smallest absolute Gasteiger partial charge is 0.258 e. The maximum absolute atomic E-state index is 12.0. The quantitative estimate of drug-likeness (QED) is 0.730. The highest BCUT2D eigenvalue weighted by molar-refractivity contribution is 9.10. The van der Waals surface area contributed by atoms with Crippen molar-refractivity contribution in [1.82, 2.24) is 14.7 Å². The standard InChI is InChI=1S/C14H16BrN3O3S/c1-21-5-4-16-13(19)9-22-8-11-6-14(20)18-7-10(15)2-3-12(18)17-11/h2-3,6-7H,4-5,8-9H2,1H3,(H,16,19). The topological polar surface area (TPSA) is 72.7 Å². The van der Waals surface area contributed by atoms with Gasteiger partial charge in [0, 0.05) is 36.1 Å². The van der Waals surface area contributed by atoms with E-state index >= 15 is 0 Å². The summed E-state index contributed by atoms with van der Waals surface area (Å²) in [5, 5.41) is 2.74. The van der Waals surface area contributed by atoms with Crippen LogP contribution in [0, 0.1) is 0 Å². The molecule has 2 rings (SSSR count). The number of nitrogens with zero attached hydrogens (tertiary/aromatic N) is 2. The first-order chi connectivity index (χ1) is 10.6. The van der Waals surface area contributed by atoms with Gasteiger partial charge >= 0.3 is 0 Å². The zero-order valence-corrected chi connectivity index (χ0v) is 14.4. The number of hydrogen-bond acceptors (Lipinski definition) is 5. The molecule has 1 N–H and O–H groups in total. The summed E-state index contributed by atoms with van der Waals surface area (Å²) in [4.78, 5) is 28.0. The zero-order valence-electron chi connectivity index (χ0n) is 12.0. The van der Waals surface area contributed by atoms with Crippen LogP contribution in [0.1, 0.15) is 5.69 Å². The van der Waals surface area contributed by atoms with Gasteiger partial charge in [0.15, 0.2) is 0 Å². The van der Waals surface area contributed by atoms with Crippen LogP contribution in [-0.2, 0) is 15.3 Å². The van der Waals surface area contributed by atoms with Crippen LogP contribution in [0.3, 0.4) is 0 Å². The van der Waals surface area contributed by atoms with Gasteiger partial charge in [-0.05, 0) is 28.1 Å². The molecule has 0 atom stereocenters. The molecule has 8 heteroatoms. The second-order valence-corrected chi connectivity index (χ2v) is 6.40. The molecule has 2 heterocycles. The van der Waals surface area contributed by atoms with Crippen molar-refractivity contribution in [3.05, 3.63) is 44.9 Å². The van der Waals surface area contributed by atoms with Crippen molar-refractivity contribution in [1.29, 1.82) is 0 Å². The van der Waals surface area contributed by atoms with Crippen LogP contribution in [0.25, 0.3) is 5.65 Å². The summed E-state index contributed by atoms with van der Waals surface area (Å²) < 4.78 is 7.16. The summed E-state index contributed by atoms with van der Waals surface area (Å²) in [6.07, 6.45) is 1.69. The van der Waals surface area contributed by atoms with Crippen molar-refractivity contribution in [2.24, 2.45) is 0 Å². The summed E-state index contributed by atoms with van der Waals surface area (Å²) >= 11 is 4.74. The fourth-order valence-corrected chi connectivity index (χ4v) is 2.88. The maximum atomic E-state index is 12.0. The molecule has 0 aliphatic heterocycles. The van der Waals surface area contributed by atoms with Crippen LogP contribution in [0.15, 0.2) is 33.7 Å². The fourth-order valence-electron chi connectivity index (χ4n) is 1.79. The van der Waals surface area contributed by atoms with Crippen LogP contribution in [-0.4, -0.2) is 41.3 Å². The van der Waals surface area contributed by atoms with E-state index in [2.05, 4.69) is 26.2 Å². The van der Waals surface area contributed by atoms with Crippen molar-refractivity contribution >= 4 is 39.2 Å². The number of hydrogen-bond donors (Lipinski definition) is 1. The van der Waals surface area contributed by atoms with Crippen LogP contribution in [0.2, 0.25) is 0 Å². The van der Waals surface area contributed by atoms with Gasteiger partial charge in [0.1, 0.15) is 5.65 Å². The first kappa shape index (κ1) is 17.0. The van der Waals surface area contributed by atoms with Gasteiger partial charge in [0.2, 0.25) is 5.91 Å². The predicted molar refractivity (Wildman–Crippen MR) is 90.2 cm³/mol. The van der Waals surface area contributed by atoms with Crippen molar-refractivity contribution < 1.29 is 9.53 Å². The van der Waals surface area contributed by atoms with E-state index in [1.165, 1.54) is 22.2 Å². The molecule has 2 aromatic rings. The minimum absolute atomic E-state index is 0.0523. The summed E-state index contributed by atoms with van der Waals surface area (Å²) in [6, 6.07) is 5.11. The number of ether oxygens (including phenoxy) is 1. The average molecular weight is 386 g/mol. The number of methoxy groups -OCH3 is 1. The number of carbonyl (C=O) groups is 1. The van der Waals surface area contributed by atoms with Gasteiger partial charge in [0.05, 0.1) is 18.1 Å². The highest BCUT2D eigenvalue weighted by atomic mass is 79.9. The molecule has 0 fully saturated rings. The first-order valence-electron chi connectivity index (χ1n) is 6.61. The SMILES string of the molecule is COCCNC(=O)CSCc1cc(=O)n2cc(Br)ccc2n1. The Hall–Kier alpha value is -1.38. The van der Waals surface area contributed by atoms with Crippen LogP contribution in [0.4, 0.5) is 0 Å². The molecule has 0 aromatic carbocycles. The van der Waals surface area contributed by atoms with Crippen molar-refractivity contribution in [3.63, 3.8) is 0 Å². The zero-order chi connectivity index (χ0) is 15.9. The van der Waals surface area contributed by atoms with Gasteiger partial charge in [-0.25, -0.2) is 4.98 Å². The Labute approximate surface area is 140 Å². The third-order valence-electron chi connectivity index (χ3n) is 2.79. The monoisotopic (exact) mass is 385 g/mol. The Morgan fingerprint density at radius 2 is 2.32 bits per heavy atom. The Morgan fingerprint density at radius 3 is 3.09 bits per heavy atom. The van der Waals surface area contributed by atoms with Gasteiger partial charge < -0.3 is 10.1 Å². The van der Waals surface area contributed by atoms with Crippen LogP contribution in [0.5, 0.6) is 0 Å². The molecule has 0 bridgehead atoms. The Balaban J connectivity index is 1.94. The molecule has 0 aliphatic carbocycles. The molecule has 6 nitrogen and oxygen atoms in total. The third kappa shape index (κ3) is 4.82. The number of fused-ring (bicyclic) bond motifs is 1. The van der Waals surface area contributed by atoms with Gasteiger partial charge in [-0.1, -0.05) is 0 Å². The number of pyridine rings is 1. The highest BCUT2D eigenvalue weighted by Crippen LogP contribution is 2.12. The predicted octanol–water partition coefficient (Wildman–Crippen LogP) is 1.45. The third-order valence-corrected chi connectivity index (χ3v) is 4.22. The number of thioether (sulfide) groups is 1. The van der Waals surface area contributed by atoms with E-state index in [0.29, 0.717) is 36.0 Å². The van der Waals surface area contributed by atoms with Crippen molar-refractivity contribution in [3.8, 4) is 0 Å². The van der Waals surface area contributed by atoms with E-state index < -0.39 is 0 Å². The molecule has 0 spiro atoms. The average Bonchev–Trinajstić information content (AvgIpc) is 2.48. The van der Waals surface area contributed by atoms with E-state index in [4.69, 9.17) is 4.74 Å². The molecule has 22 heavy (non-hydrogen) atoms. The number of aromatic nitrogens is 2. The summed E-state index contributed by atoms with van der Waals surface area (Å²) in [6.45, 7) is 0.995. The summed E-state index contributed by atoms with van der Waals surface area (Å²) in [5.41, 5.74) is 1.13. The van der Waals surface area contributed by atoms with E-state index in [-0.39, 0.29) is 11.5 Å². The second-order valence-electron chi connectivity index (χ2n) is 4.50. The number of halogens is 1. The van der Waals surface area contributed by atoms with Gasteiger partial charge in [-0.2, -0.15) is 0 Å². The lowest BCUT2D eigenvalue weighted by Gasteiger charge is -2.06. The molecule has 0 unspecified atom stereocenters. The number of carbonyl (C=O) groups excluding carboxylic acids is 1. The summed E-state index contributed by atoms with van der Waals surface area (Å²) in [5.74, 6) is 0.786. The number of rotatable bonds is 7. The Morgan fingerprint density at radius 1 is 1.50 bits per heavy atom. The molecule has 0 aliphatic rings. The molecule has 0 saturated carbocycles.